The highest BCUT2D eigenvalue weighted by Gasteiger charge is 2.23. The second kappa shape index (κ2) is 5.15. The van der Waals surface area contributed by atoms with Gasteiger partial charge in [0.05, 0.1) is 0 Å². The summed E-state index contributed by atoms with van der Waals surface area (Å²) in [5, 5.41) is 4.85. The fourth-order valence-corrected chi connectivity index (χ4v) is 4.23. The minimum Gasteiger partial charge on any atom is -0.350 e. The largest absolute Gasteiger partial charge is 0.350 e. The van der Waals surface area contributed by atoms with E-state index in [1.807, 2.05) is 0 Å². The summed E-state index contributed by atoms with van der Waals surface area (Å²) < 4.78 is 2.27. The molecule has 1 aliphatic carbocycles. The third kappa shape index (κ3) is 2.29. The maximum absolute atomic E-state index is 6.50. The number of nitrogens with one attached hydrogen (secondary N) is 1. The third-order valence-corrected chi connectivity index (χ3v) is 5.49. The van der Waals surface area contributed by atoms with Gasteiger partial charge in [-0.15, -0.1) is 0 Å². The molecule has 1 aromatic heterocycles. The number of benzene rings is 1. The van der Waals surface area contributed by atoms with Gasteiger partial charge in [0.2, 0.25) is 0 Å². The van der Waals surface area contributed by atoms with Crippen LogP contribution in [0.2, 0.25) is 0 Å². The zero-order chi connectivity index (χ0) is 14.4. The maximum Gasteiger partial charge on any atom is 0.0484 e. The lowest BCUT2D eigenvalue weighted by Crippen LogP contribution is -2.30. The highest BCUT2D eigenvalue weighted by Crippen LogP contribution is 2.31. The Labute approximate surface area is 126 Å². The number of nitrogens with two attached hydrogens (primary N) is 1. The Morgan fingerprint density at radius 1 is 1.24 bits per heavy atom. The van der Waals surface area contributed by atoms with E-state index in [-0.39, 0.29) is 0 Å². The van der Waals surface area contributed by atoms with Gasteiger partial charge in [-0.25, -0.2) is 0 Å². The standard InChI is InChI=1S/C18H25N3/c1-21-11-15(7-17(19)12-4-2-3-5-12)16-6-13-9-20-10-14(13)8-18(16)21/h6,8,11-12,17,20H,2-5,7,9-10,19H2,1H3. The van der Waals surface area contributed by atoms with E-state index in [1.54, 1.807) is 0 Å². The van der Waals surface area contributed by atoms with Crippen LogP contribution in [0.1, 0.15) is 42.4 Å². The molecule has 0 spiro atoms. The van der Waals surface area contributed by atoms with Crippen LogP contribution in [0.25, 0.3) is 10.9 Å². The van der Waals surface area contributed by atoms with Crippen molar-refractivity contribution in [1.82, 2.24) is 9.88 Å². The van der Waals surface area contributed by atoms with Gasteiger partial charge in [0.25, 0.3) is 0 Å². The topological polar surface area (TPSA) is 43.0 Å². The first kappa shape index (κ1) is 13.4. The van der Waals surface area contributed by atoms with Crippen LogP contribution < -0.4 is 11.1 Å². The first-order valence-corrected chi connectivity index (χ1v) is 8.28. The monoisotopic (exact) mass is 283 g/mol. The summed E-state index contributed by atoms with van der Waals surface area (Å²) in [4.78, 5) is 0. The summed E-state index contributed by atoms with van der Waals surface area (Å²) in [6.07, 6.45) is 8.70. The van der Waals surface area contributed by atoms with E-state index in [9.17, 15) is 0 Å². The minimum absolute atomic E-state index is 0.324. The molecule has 0 saturated heterocycles. The average molecular weight is 283 g/mol. The summed E-state index contributed by atoms with van der Waals surface area (Å²) in [6.45, 7) is 2.02. The molecule has 4 rings (SSSR count). The van der Waals surface area contributed by atoms with Crippen molar-refractivity contribution in [2.75, 3.05) is 0 Å². The molecule has 0 bridgehead atoms. The molecule has 1 aromatic carbocycles. The van der Waals surface area contributed by atoms with E-state index < -0.39 is 0 Å². The van der Waals surface area contributed by atoms with Crippen molar-refractivity contribution in [3.05, 3.63) is 35.0 Å². The minimum atomic E-state index is 0.324. The van der Waals surface area contributed by atoms with Gasteiger partial charge in [0, 0.05) is 43.3 Å². The molecular formula is C18H25N3. The normalized spacial score (nSPS) is 20.3. The molecule has 3 nitrogen and oxygen atoms in total. The lowest BCUT2D eigenvalue weighted by atomic mass is 9.92. The Hall–Kier alpha value is -1.32. The molecule has 21 heavy (non-hydrogen) atoms. The number of fused-ring (bicyclic) bond motifs is 2. The summed E-state index contributed by atoms with van der Waals surface area (Å²) in [5.74, 6) is 0.733. The van der Waals surface area contributed by atoms with Gasteiger partial charge in [0.15, 0.2) is 0 Å². The van der Waals surface area contributed by atoms with E-state index in [4.69, 9.17) is 5.73 Å². The molecule has 112 valence electrons. The van der Waals surface area contributed by atoms with Gasteiger partial charge < -0.3 is 15.6 Å². The first-order valence-electron chi connectivity index (χ1n) is 8.28. The zero-order valence-electron chi connectivity index (χ0n) is 12.9. The Morgan fingerprint density at radius 3 is 2.71 bits per heavy atom. The number of hydrogen-bond acceptors (Lipinski definition) is 2. The average Bonchev–Trinajstić information content (AvgIpc) is 3.19. The molecule has 3 N–H and O–H groups in total. The van der Waals surface area contributed by atoms with Gasteiger partial charge in [-0.05, 0) is 54.0 Å². The highest BCUT2D eigenvalue weighted by atomic mass is 14.9. The Bertz CT molecular complexity index is 665. The predicted molar refractivity (Wildman–Crippen MR) is 87.1 cm³/mol. The van der Waals surface area contributed by atoms with E-state index in [1.165, 1.54) is 53.3 Å². The van der Waals surface area contributed by atoms with Crippen LogP contribution in [0.5, 0.6) is 0 Å². The van der Waals surface area contributed by atoms with Crippen molar-refractivity contribution in [2.45, 2.75) is 51.2 Å². The molecule has 1 aliphatic heterocycles. The van der Waals surface area contributed by atoms with E-state index in [0.717, 1.165) is 25.4 Å². The molecule has 1 atom stereocenters. The fourth-order valence-electron chi connectivity index (χ4n) is 4.23. The number of aryl methyl sites for hydroxylation is 1. The van der Waals surface area contributed by atoms with Gasteiger partial charge in [-0.2, -0.15) is 0 Å². The van der Waals surface area contributed by atoms with Crippen LogP contribution in [-0.4, -0.2) is 10.6 Å². The van der Waals surface area contributed by atoms with Crippen molar-refractivity contribution in [1.29, 1.82) is 0 Å². The van der Waals surface area contributed by atoms with E-state index in [2.05, 4.69) is 35.3 Å². The lowest BCUT2D eigenvalue weighted by Gasteiger charge is -2.18. The molecule has 0 radical (unpaired) electrons. The molecule has 3 heteroatoms. The van der Waals surface area contributed by atoms with E-state index in [0.29, 0.717) is 6.04 Å². The fraction of sp³-hybridized carbons (Fsp3) is 0.556. The van der Waals surface area contributed by atoms with Gasteiger partial charge in [0.1, 0.15) is 0 Å². The van der Waals surface area contributed by atoms with Crippen LogP contribution in [0.3, 0.4) is 0 Å². The molecule has 2 heterocycles. The predicted octanol–water partition coefficient (Wildman–Crippen LogP) is 2.84. The van der Waals surface area contributed by atoms with Crippen LogP contribution in [0.15, 0.2) is 18.3 Å². The van der Waals surface area contributed by atoms with Crippen molar-refractivity contribution in [3.8, 4) is 0 Å². The van der Waals surface area contributed by atoms with Gasteiger partial charge >= 0.3 is 0 Å². The lowest BCUT2D eigenvalue weighted by molar-refractivity contribution is 0.430. The maximum atomic E-state index is 6.50. The smallest absolute Gasteiger partial charge is 0.0484 e. The highest BCUT2D eigenvalue weighted by molar-refractivity contribution is 5.86. The summed E-state index contributed by atoms with van der Waals surface area (Å²) in [6, 6.07) is 5.07. The van der Waals surface area contributed by atoms with E-state index >= 15 is 0 Å². The van der Waals surface area contributed by atoms with Crippen LogP contribution in [0.4, 0.5) is 0 Å². The molecule has 0 amide bonds. The van der Waals surface area contributed by atoms with Gasteiger partial charge in [-0.1, -0.05) is 12.8 Å². The second-order valence-electron chi connectivity index (χ2n) is 6.92. The quantitative estimate of drug-likeness (QED) is 0.909. The molecule has 2 aromatic rings. The SMILES string of the molecule is Cn1cc(CC(N)C2CCCC2)c2cc3c(cc21)CNC3. The Balaban J connectivity index is 1.68. The van der Waals surface area contributed by atoms with Crippen molar-refractivity contribution in [2.24, 2.45) is 18.7 Å². The van der Waals surface area contributed by atoms with Crippen LogP contribution in [-0.2, 0) is 26.6 Å². The molecule has 1 fully saturated rings. The number of aromatic nitrogens is 1. The molecule has 1 saturated carbocycles. The first-order chi connectivity index (χ1) is 10.2. The van der Waals surface area contributed by atoms with Crippen LogP contribution in [0, 0.1) is 5.92 Å². The number of rotatable bonds is 3. The van der Waals surface area contributed by atoms with Crippen LogP contribution >= 0.6 is 0 Å². The Morgan fingerprint density at radius 2 is 1.95 bits per heavy atom. The molecule has 2 aliphatic rings. The number of hydrogen-bond donors (Lipinski definition) is 2. The molecular weight excluding hydrogens is 258 g/mol. The zero-order valence-corrected chi connectivity index (χ0v) is 12.9. The number of nitrogens with zero attached hydrogens (tertiary/aromatic N) is 1. The Kier molecular flexibility index (Phi) is 3.27. The summed E-state index contributed by atoms with van der Waals surface area (Å²) >= 11 is 0. The second-order valence-corrected chi connectivity index (χ2v) is 6.92. The van der Waals surface area contributed by atoms with Crippen molar-refractivity contribution < 1.29 is 0 Å². The molecule has 1 unspecified atom stereocenters. The summed E-state index contributed by atoms with van der Waals surface area (Å²) in [5.41, 5.74) is 12.2. The third-order valence-electron chi connectivity index (χ3n) is 5.49. The van der Waals surface area contributed by atoms with Crippen molar-refractivity contribution in [3.63, 3.8) is 0 Å². The van der Waals surface area contributed by atoms with Crippen molar-refractivity contribution >= 4 is 10.9 Å². The summed E-state index contributed by atoms with van der Waals surface area (Å²) in [7, 11) is 2.15. The van der Waals surface area contributed by atoms with Gasteiger partial charge in [-0.3, -0.25) is 0 Å².